The van der Waals surface area contributed by atoms with Crippen molar-refractivity contribution in [1.82, 2.24) is 0 Å². The molecule has 15 heavy (non-hydrogen) atoms. The lowest BCUT2D eigenvalue weighted by Crippen LogP contribution is -2.13. The highest BCUT2D eigenvalue weighted by Crippen LogP contribution is 2.24. The maximum absolute atomic E-state index is 13.2. The maximum Gasteiger partial charge on any atom is 0.132 e. The van der Waals surface area contributed by atoms with E-state index in [9.17, 15) is 8.78 Å². The third-order valence-corrected chi connectivity index (χ3v) is 1.94. The minimum atomic E-state index is -0.961. The van der Waals surface area contributed by atoms with Crippen molar-refractivity contribution in [2.24, 2.45) is 5.73 Å². The van der Waals surface area contributed by atoms with Crippen LogP contribution in [-0.2, 0) is 0 Å². The smallest absolute Gasteiger partial charge is 0.132 e. The topological polar surface area (TPSA) is 49.8 Å². The van der Waals surface area contributed by atoms with E-state index in [4.69, 9.17) is 22.6 Å². The molecule has 1 aromatic rings. The summed E-state index contributed by atoms with van der Waals surface area (Å²) in [5, 5.41) is 8.30. The molecule has 0 amide bonds. The van der Waals surface area contributed by atoms with Crippen LogP contribution in [0.25, 0.3) is 0 Å². The molecule has 6 heteroatoms. The largest absolute Gasteiger partial charge is 0.323 e. The molecule has 0 aliphatic rings. The molecule has 1 atom stereocenters. The summed E-state index contributed by atoms with van der Waals surface area (Å²) in [6, 6.07) is 2.72. The first kappa shape index (κ1) is 14.1. The van der Waals surface area contributed by atoms with Gasteiger partial charge in [0.1, 0.15) is 11.6 Å². The van der Waals surface area contributed by atoms with Crippen LogP contribution in [0.15, 0.2) is 12.1 Å². The molecule has 0 aliphatic heterocycles. The molecular formula is C9H8Cl2F2N2. The zero-order valence-corrected chi connectivity index (χ0v) is 9.08. The van der Waals surface area contributed by atoms with Crippen LogP contribution in [0.2, 0.25) is 5.02 Å². The molecule has 1 aromatic carbocycles. The van der Waals surface area contributed by atoms with Crippen molar-refractivity contribution in [3.63, 3.8) is 0 Å². The normalized spacial score (nSPS) is 11.4. The average molecular weight is 253 g/mol. The first-order chi connectivity index (χ1) is 6.56. The molecule has 0 aromatic heterocycles. The molecule has 1 rings (SSSR count). The van der Waals surface area contributed by atoms with Crippen LogP contribution in [-0.4, -0.2) is 0 Å². The van der Waals surface area contributed by atoms with Gasteiger partial charge in [0, 0.05) is 16.6 Å². The molecule has 0 saturated heterocycles. The van der Waals surface area contributed by atoms with Gasteiger partial charge in [-0.05, 0) is 12.1 Å². The molecule has 0 spiro atoms. The van der Waals surface area contributed by atoms with Crippen molar-refractivity contribution in [2.75, 3.05) is 0 Å². The fourth-order valence-corrected chi connectivity index (χ4v) is 1.30. The van der Waals surface area contributed by atoms with Gasteiger partial charge in [-0.3, -0.25) is 0 Å². The second kappa shape index (κ2) is 5.86. The Morgan fingerprint density at radius 1 is 1.40 bits per heavy atom. The summed E-state index contributed by atoms with van der Waals surface area (Å²) in [7, 11) is 0. The van der Waals surface area contributed by atoms with Gasteiger partial charge >= 0.3 is 0 Å². The Morgan fingerprint density at radius 2 is 1.87 bits per heavy atom. The van der Waals surface area contributed by atoms with Gasteiger partial charge in [0.2, 0.25) is 0 Å². The lowest BCUT2D eigenvalue weighted by atomic mass is 10.0. The summed E-state index contributed by atoms with van der Waals surface area (Å²) >= 11 is 5.42. The van der Waals surface area contributed by atoms with Gasteiger partial charge in [0.25, 0.3) is 0 Å². The first-order valence-corrected chi connectivity index (χ1v) is 4.21. The summed E-state index contributed by atoms with van der Waals surface area (Å²) in [5.41, 5.74) is 5.12. The standard InChI is InChI=1S/C9H7ClF2N2.ClH/c10-5-3-6(11)9(7(12)4-5)8(14)1-2-13;/h3-4,8H,1,14H2;1H/t8-;/m1./s1. The van der Waals surface area contributed by atoms with E-state index in [1.165, 1.54) is 0 Å². The highest BCUT2D eigenvalue weighted by molar-refractivity contribution is 6.30. The molecule has 0 aliphatic carbocycles. The predicted molar refractivity (Wildman–Crippen MR) is 55.8 cm³/mol. The predicted octanol–water partition coefficient (Wildman–Crippen LogP) is 2.95. The monoisotopic (exact) mass is 252 g/mol. The number of rotatable bonds is 2. The number of nitriles is 1. The quantitative estimate of drug-likeness (QED) is 0.880. The lowest BCUT2D eigenvalue weighted by Gasteiger charge is -2.10. The van der Waals surface area contributed by atoms with E-state index in [-0.39, 0.29) is 29.4 Å². The second-order valence-electron chi connectivity index (χ2n) is 2.75. The Bertz CT molecular complexity index is 367. The van der Waals surface area contributed by atoms with Gasteiger partial charge in [-0.15, -0.1) is 12.4 Å². The Kier molecular flexibility index (Phi) is 5.51. The molecule has 2 N–H and O–H groups in total. The van der Waals surface area contributed by atoms with Gasteiger partial charge in [-0.2, -0.15) is 5.26 Å². The van der Waals surface area contributed by atoms with Crippen LogP contribution >= 0.6 is 24.0 Å². The number of hydrogen-bond acceptors (Lipinski definition) is 2. The molecule has 2 nitrogen and oxygen atoms in total. The van der Waals surface area contributed by atoms with Crippen molar-refractivity contribution < 1.29 is 8.78 Å². The van der Waals surface area contributed by atoms with Crippen LogP contribution < -0.4 is 5.73 Å². The molecule has 82 valence electrons. The molecule has 0 saturated carbocycles. The van der Waals surface area contributed by atoms with E-state index in [2.05, 4.69) is 0 Å². The van der Waals surface area contributed by atoms with E-state index >= 15 is 0 Å². The minimum absolute atomic E-state index is 0. The zero-order valence-electron chi connectivity index (χ0n) is 7.51. The Balaban J connectivity index is 0.00000196. The van der Waals surface area contributed by atoms with E-state index in [1.54, 1.807) is 6.07 Å². The number of benzene rings is 1. The van der Waals surface area contributed by atoms with Crippen LogP contribution in [0.1, 0.15) is 18.0 Å². The fraction of sp³-hybridized carbons (Fsp3) is 0.222. The van der Waals surface area contributed by atoms with E-state index in [0.717, 1.165) is 12.1 Å². The summed E-state index contributed by atoms with van der Waals surface area (Å²) in [5.74, 6) is -1.64. The zero-order chi connectivity index (χ0) is 10.7. The summed E-state index contributed by atoms with van der Waals surface area (Å²) in [6.45, 7) is 0. The molecule has 0 bridgehead atoms. The summed E-state index contributed by atoms with van der Waals surface area (Å²) in [6.07, 6.45) is -0.143. The Labute approximate surface area is 97.0 Å². The average Bonchev–Trinajstić information content (AvgIpc) is 2.01. The van der Waals surface area contributed by atoms with Gasteiger partial charge in [0.15, 0.2) is 0 Å². The van der Waals surface area contributed by atoms with E-state index in [0.29, 0.717) is 0 Å². The SMILES string of the molecule is Cl.N#CC[C@@H](N)c1c(F)cc(Cl)cc1F. The van der Waals surface area contributed by atoms with Crippen molar-refractivity contribution in [1.29, 1.82) is 5.26 Å². The highest BCUT2D eigenvalue weighted by Gasteiger charge is 2.17. The maximum atomic E-state index is 13.2. The molecule has 0 unspecified atom stereocenters. The van der Waals surface area contributed by atoms with Crippen LogP contribution in [0, 0.1) is 23.0 Å². The third kappa shape index (κ3) is 3.31. The fourth-order valence-electron chi connectivity index (χ4n) is 1.11. The minimum Gasteiger partial charge on any atom is -0.323 e. The number of hydrogen-bond donors (Lipinski definition) is 1. The van der Waals surface area contributed by atoms with E-state index < -0.39 is 17.7 Å². The van der Waals surface area contributed by atoms with Crippen molar-refractivity contribution in [3.05, 3.63) is 34.4 Å². The number of halogens is 4. The molecule has 0 fully saturated rings. The van der Waals surface area contributed by atoms with Crippen molar-refractivity contribution in [2.45, 2.75) is 12.5 Å². The number of nitrogens with two attached hydrogens (primary N) is 1. The summed E-state index contributed by atoms with van der Waals surface area (Å²) < 4.78 is 26.3. The first-order valence-electron chi connectivity index (χ1n) is 3.83. The van der Waals surface area contributed by atoms with E-state index in [1.807, 2.05) is 0 Å². The van der Waals surface area contributed by atoms with Gasteiger partial charge < -0.3 is 5.73 Å². The number of nitrogens with zero attached hydrogens (tertiary/aromatic N) is 1. The molecule has 0 radical (unpaired) electrons. The second-order valence-corrected chi connectivity index (χ2v) is 3.19. The van der Waals surface area contributed by atoms with Crippen LogP contribution in [0.3, 0.4) is 0 Å². The molecular weight excluding hydrogens is 245 g/mol. The Morgan fingerprint density at radius 3 is 2.27 bits per heavy atom. The van der Waals surface area contributed by atoms with Crippen molar-refractivity contribution >= 4 is 24.0 Å². The van der Waals surface area contributed by atoms with Gasteiger partial charge in [0.05, 0.1) is 12.5 Å². The Hall–Kier alpha value is -0.890. The van der Waals surface area contributed by atoms with Crippen LogP contribution in [0.4, 0.5) is 8.78 Å². The highest BCUT2D eigenvalue weighted by atomic mass is 35.5. The third-order valence-electron chi connectivity index (χ3n) is 1.73. The molecule has 0 heterocycles. The van der Waals surface area contributed by atoms with Crippen molar-refractivity contribution in [3.8, 4) is 6.07 Å². The van der Waals surface area contributed by atoms with Gasteiger partial charge in [-0.1, -0.05) is 11.6 Å². The lowest BCUT2D eigenvalue weighted by molar-refractivity contribution is 0.528. The van der Waals surface area contributed by atoms with Crippen LogP contribution in [0.5, 0.6) is 0 Å². The summed E-state index contributed by atoms with van der Waals surface area (Å²) in [4.78, 5) is 0. The van der Waals surface area contributed by atoms with Gasteiger partial charge in [-0.25, -0.2) is 8.78 Å².